The lowest BCUT2D eigenvalue weighted by atomic mass is 10.2. The van der Waals surface area contributed by atoms with Crippen molar-refractivity contribution in [1.82, 2.24) is 15.2 Å². The molecule has 1 aliphatic heterocycles. The van der Waals surface area contributed by atoms with Crippen molar-refractivity contribution >= 4 is 17.2 Å². The molecule has 6 heteroatoms. The summed E-state index contributed by atoms with van der Waals surface area (Å²) in [5.41, 5.74) is 7.09. The van der Waals surface area contributed by atoms with Crippen molar-refractivity contribution in [2.75, 3.05) is 13.6 Å². The number of fused-ring (bicyclic) bond motifs is 1. The number of thiazole rings is 1. The van der Waals surface area contributed by atoms with Gasteiger partial charge in [0, 0.05) is 36.3 Å². The topological polar surface area (TPSA) is 71.2 Å². The zero-order valence-corrected chi connectivity index (χ0v) is 10.8. The number of amides is 1. The SMILES string of the molecule is C/C(N)=C\NC(=O)c1nc2c(s1)CN(C)CC2. The quantitative estimate of drug-likeness (QED) is 0.812. The molecular weight excluding hydrogens is 236 g/mol. The second-order valence-corrected chi connectivity index (χ2v) is 5.32. The van der Waals surface area contributed by atoms with Crippen LogP contribution in [0.5, 0.6) is 0 Å². The first-order valence-electron chi connectivity index (χ1n) is 5.46. The summed E-state index contributed by atoms with van der Waals surface area (Å²) in [7, 11) is 2.07. The minimum absolute atomic E-state index is 0.183. The Balaban J connectivity index is 2.12. The van der Waals surface area contributed by atoms with E-state index in [4.69, 9.17) is 5.73 Å². The highest BCUT2D eigenvalue weighted by atomic mass is 32.1. The molecule has 3 N–H and O–H groups in total. The minimum Gasteiger partial charge on any atom is -0.401 e. The summed E-state index contributed by atoms with van der Waals surface area (Å²) in [6.45, 7) is 3.60. The molecule has 0 spiro atoms. The maximum Gasteiger partial charge on any atom is 0.284 e. The van der Waals surface area contributed by atoms with Crippen LogP contribution in [-0.4, -0.2) is 29.4 Å². The van der Waals surface area contributed by atoms with E-state index in [9.17, 15) is 4.79 Å². The number of likely N-dealkylation sites (N-methyl/N-ethyl adjacent to an activating group) is 1. The predicted molar refractivity (Wildman–Crippen MR) is 67.6 cm³/mol. The molecule has 1 aliphatic rings. The Labute approximate surface area is 104 Å². The van der Waals surface area contributed by atoms with Crippen molar-refractivity contribution in [3.63, 3.8) is 0 Å². The molecule has 0 saturated carbocycles. The van der Waals surface area contributed by atoms with Crippen LogP contribution in [-0.2, 0) is 13.0 Å². The summed E-state index contributed by atoms with van der Waals surface area (Å²) in [5, 5.41) is 3.14. The predicted octanol–water partition coefficient (Wildman–Crippen LogP) is 0.681. The monoisotopic (exact) mass is 252 g/mol. The lowest BCUT2D eigenvalue weighted by Crippen LogP contribution is -2.25. The molecule has 0 aromatic carbocycles. The molecule has 5 nitrogen and oxygen atoms in total. The van der Waals surface area contributed by atoms with Crippen LogP contribution >= 0.6 is 11.3 Å². The van der Waals surface area contributed by atoms with E-state index in [1.54, 1.807) is 6.92 Å². The van der Waals surface area contributed by atoms with Gasteiger partial charge in [0.25, 0.3) is 5.91 Å². The molecule has 0 unspecified atom stereocenters. The first-order valence-corrected chi connectivity index (χ1v) is 6.28. The number of nitrogens with one attached hydrogen (secondary N) is 1. The van der Waals surface area contributed by atoms with Gasteiger partial charge in [-0.2, -0.15) is 0 Å². The summed E-state index contributed by atoms with van der Waals surface area (Å²) in [6, 6.07) is 0. The molecule has 2 rings (SSSR count). The van der Waals surface area contributed by atoms with Crippen LogP contribution in [0, 0.1) is 0 Å². The average molecular weight is 252 g/mol. The van der Waals surface area contributed by atoms with Crippen molar-refractivity contribution in [2.24, 2.45) is 5.73 Å². The highest BCUT2D eigenvalue weighted by Crippen LogP contribution is 2.24. The number of nitrogens with zero attached hydrogens (tertiary/aromatic N) is 2. The first kappa shape index (κ1) is 12.1. The number of rotatable bonds is 2. The van der Waals surface area contributed by atoms with Crippen LogP contribution in [0.4, 0.5) is 0 Å². The molecule has 0 atom stereocenters. The maximum absolute atomic E-state index is 11.8. The number of hydrogen-bond acceptors (Lipinski definition) is 5. The third-order valence-electron chi connectivity index (χ3n) is 2.55. The third-order valence-corrected chi connectivity index (χ3v) is 3.63. The van der Waals surface area contributed by atoms with Gasteiger partial charge in [-0.3, -0.25) is 4.79 Å². The standard InChI is InChI=1S/C11H16N4OS/c1-7(12)5-13-10(16)11-14-8-3-4-15(2)6-9(8)17-11/h5H,3-4,6,12H2,1-2H3,(H,13,16)/b7-5+. The van der Waals surface area contributed by atoms with Gasteiger partial charge in [-0.25, -0.2) is 4.98 Å². The molecule has 0 aliphatic carbocycles. The van der Waals surface area contributed by atoms with Crippen molar-refractivity contribution in [3.05, 3.63) is 27.5 Å². The van der Waals surface area contributed by atoms with Gasteiger partial charge in [0.05, 0.1) is 5.69 Å². The summed E-state index contributed by atoms with van der Waals surface area (Å²) >= 11 is 1.46. The number of aromatic nitrogens is 1. The lowest BCUT2D eigenvalue weighted by Gasteiger charge is -2.20. The highest BCUT2D eigenvalue weighted by Gasteiger charge is 2.20. The second kappa shape index (κ2) is 4.85. The average Bonchev–Trinajstić information content (AvgIpc) is 2.68. The zero-order valence-electron chi connectivity index (χ0n) is 9.99. The summed E-state index contributed by atoms with van der Waals surface area (Å²) in [6.07, 6.45) is 2.41. The van der Waals surface area contributed by atoms with Gasteiger partial charge < -0.3 is 16.0 Å². The van der Waals surface area contributed by atoms with Crippen molar-refractivity contribution in [3.8, 4) is 0 Å². The van der Waals surface area contributed by atoms with Gasteiger partial charge >= 0.3 is 0 Å². The zero-order chi connectivity index (χ0) is 12.4. The molecule has 1 aromatic rings. The molecule has 1 amide bonds. The normalized spacial score (nSPS) is 16.7. The van der Waals surface area contributed by atoms with E-state index in [2.05, 4.69) is 22.2 Å². The Morgan fingerprint density at radius 2 is 2.41 bits per heavy atom. The summed E-state index contributed by atoms with van der Waals surface area (Å²) in [5.74, 6) is -0.183. The van der Waals surface area contributed by atoms with E-state index in [-0.39, 0.29) is 5.91 Å². The maximum atomic E-state index is 11.8. The van der Waals surface area contributed by atoms with E-state index < -0.39 is 0 Å². The number of nitrogens with two attached hydrogens (primary N) is 1. The Bertz CT molecular complexity index is 462. The molecule has 0 radical (unpaired) electrons. The van der Waals surface area contributed by atoms with Gasteiger partial charge in [-0.1, -0.05) is 0 Å². The van der Waals surface area contributed by atoms with Crippen molar-refractivity contribution < 1.29 is 4.79 Å². The number of hydrogen-bond donors (Lipinski definition) is 2. The van der Waals surface area contributed by atoms with Crippen LogP contribution in [0.15, 0.2) is 11.9 Å². The Morgan fingerprint density at radius 3 is 3.12 bits per heavy atom. The first-order chi connectivity index (χ1) is 8.06. The van der Waals surface area contributed by atoms with Crippen molar-refractivity contribution in [1.29, 1.82) is 0 Å². The number of allylic oxidation sites excluding steroid dienone is 1. The molecule has 0 bridgehead atoms. The molecule has 92 valence electrons. The number of carbonyl (C=O) groups is 1. The molecule has 17 heavy (non-hydrogen) atoms. The van der Waals surface area contributed by atoms with Crippen LogP contribution in [0.2, 0.25) is 0 Å². The smallest absolute Gasteiger partial charge is 0.284 e. The summed E-state index contributed by atoms with van der Waals surface area (Å²) < 4.78 is 0. The third kappa shape index (κ3) is 2.83. The Morgan fingerprint density at radius 1 is 1.65 bits per heavy atom. The van der Waals surface area contributed by atoms with Gasteiger partial charge in [-0.15, -0.1) is 11.3 Å². The van der Waals surface area contributed by atoms with Crippen LogP contribution in [0.1, 0.15) is 27.3 Å². The van der Waals surface area contributed by atoms with Crippen LogP contribution in [0.3, 0.4) is 0 Å². The Hall–Kier alpha value is -1.40. The van der Waals surface area contributed by atoms with Crippen LogP contribution in [0.25, 0.3) is 0 Å². The van der Waals surface area contributed by atoms with Gasteiger partial charge in [0.1, 0.15) is 0 Å². The summed E-state index contributed by atoms with van der Waals surface area (Å²) in [4.78, 5) is 19.6. The van der Waals surface area contributed by atoms with Gasteiger partial charge in [-0.05, 0) is 14.0 Å². The van der Waals surface area contributed by atoms with E-state index in [0.29, 0.717) is 10.7 Å². The largest absolute Gasteiger partial charge is 0.401 e. The fourth-order valence-electron chi connectivity index (χ4n) is 1.66. The van der Waals surface area contributed by atoms with Gasteiger partial charge in [0.15, 0.2) is 5.01 Å². The van der Waals surface area contributed by atoms with Gasteiger partial charge in [0.2, 0.25) is 0 Å². The fraction of sp³-hybridized carbons (Fsp3) is 0.455. The Kier molecular flexibility index (Phi) is 3.44. The van der Waals surface area contributed by atoms with E-state index in [1.807, 2.05) is 0 Å². The second-order valence-electron chi connectivity index (χ2n) is 4.24. The number of carbonyl (C=O) groups excluding carboxylic acids is 1. The molecule has 1 aromatic heterocycles. The van der Waals surface area contributed by atoms with E-state index in [0.717, 1.165) is 25.2 Å². The van der Waals surface area contributed by atoms with Crippen molar-refractivity contribution in [2.45, 2.75) is 19.9 Å². The van der Waals surface area contributed by atoms with E-state index >= 15 is 0 Å². The molecule has 0 fully saturated rings. The minimum atomic E-state index is -0.183. The van der Waals surface area contributed by atoms with E-state index in [1.165, 1.54) is 22.4 Å². The lowest BCUT2D eigenvalue weighted by molar-refractivity contribution is 0.0969. The molecule has 0 saturated heterocycles. The highest BCUT2D eigenvalue weighted by molar-refractivity contribution is 7.13. The van der Waals surface area contributed by atoms with Crippen LogP contribution < -0.4 is 11.1 Å². The fourth-order valence-corrected chi connectivity index (χ4v) is 2.75. The molecular formula is C11H16N4OS. The molecule has 2 heterocycles.